The lowest BCUT2D eigenvalue weighted by Crippen LogP contribution is -2.51. The number of benzene rings is 2. The third-order valence-corrected chi connectivity index (χ3v) is 11.8. The van der Waals surface area contributed by atoms with Crippen LogP contribution in [-0.2, 0) is 36.3 Å². The van der Waals surface area contributed by atoms with Gasteiger partial charge in [-0.3, -0.25) is 19.1 Å². The summed E-state index contributed by atoms with van der Waals surface area (Å²) in [6, 6.07) is 12.4. The predicted molar refractivity (Wildman–Crippen MR) is 188 cm³/mol. The monoisotopic (exact) mass is 738 g/mol. The summed E-state index contributed by atoms with van der Waals surface area (Å²) in [5.74, 6) is -0.241. The second kappa shape index (κ2) is 14.0. The number of aromatic nitrogens is 4. The molecule has 2 fully saturated rings. The Morgan fingerprint density at radius 2 is 1.56 bits per heavy atom. The van der Waals surface area contributed by atoms with Crippen LogP contribution >= 0.6 is 23.2 Å². The molecular weight excluding hydrogens is 703 g/mol. The Bertz CT molecular complexity index is 1980. The number of carbonyl (C=O) groups excluding carboxylic acids is 2. The van der Waals surface area contributed by atoms with Crippen molar-refractivity contribution < 1.29 is 22.7 Å². The topological polar surface area (TPSA) is 134 Å². The van der Waals surface area contributed by atoms with Crippen LogP contribution in [-0.4, -0.2) is 113 Å². The van der Waals surface area contributed by atoms with Crippen LogP contribution in [0.5, 0.6) is 0 Å². The van der Waals surface area contributed by atoms with Gasteiger partial charge in [0, 0.05) is 86.7 Å². The molecule has 0 aliphatic carbocycles. The number of imidazole rings is 1. The first kappa shape index (κ1) is 34.5. The molecule has 2 saturated heterocycles. The molecular formula is C34H36Cl2N8O5S. The summed E-state index contributed by atoms with van der Waals surface area (Å²) in [7, 11) is -4.15. The smallest absolute Gasteiger partial charge is 0.260 e. The summed E-state index contributed by atoms with van der Waals surface area (Å²) in [6.45, 7) is 6.06. The Morgan fingerprint density at radius 3 is 2.22 bits per heavy atom. The van der Waals surface area contributed by atoms with Gasteiger partial charge in [-0.1, -0.05) is 47.5 Å². The highest BCUT2D eigenvalue weighted by Gasteiger charge is 2.52. The summed E-state index contributed by atoms with van der Waals surface area (Å²) >= 11 is 12.7. The molecule has 0 unspecified atom stereocenters. The molecule has 7 rings (SSSR count). The zero-order chi connectivity index (χ0) is 35.0. The van der Waals surface area contributed by atoms with Crippen molar-refractivity contribution in [1.82, 2.24) is 33.6 Å². The number of sulfonamides is 1. The first-order valence-corrected chi connectivity index (χ1v) is 18.6. The number of hydrogen-bond donors (Lipinski definition) is 0. The van der Waals surface area contributed by atoms with Gasteiger partial charge in [0.1, 0.15) is 11.9 Å². The minimum Gasteiger partial charge on any atom is -0.379 e. The summed E-state index contributed by atoms with van der Waals surface area (Å²) in [5, 5.41) is 0.527. The summed E-state index contributed by atoms with van der Waals surface area (Å²) in [6.07, 6.45) is 6.73. The average Bonchev–Trinajstić information content (AvgIpc) is 3.65. The van der Waals surface area contributed by atoms with Gasteiger partial charge in [-0.2, -0.15) is 4.31 Å². The molecule has 0 radical (unpaired) electrons. The van der Waals surface area contributed by atoms with Crippen LogP contribution in [0.3, 0.4) is 0 Å². The van der Waals surface area contributed by atoms with Crippen LogP contribution < -0.4 is 4.90 Å². The molecule has 5 heterocycles. The van der Waals surface area contributed by atoms with Crippen molar-refractivity contribution in [2.75, 3.05) is 63.9 Å². The number of anilines is 2. The third kappa shape index (κ3) is 6.63. The van der Waals surface area contributed by atoms with Crippen LogP contribution in [0.25, 0.3) is 11.1 Å². The van der Waals surface area contributed by atoms with Gasteiger partial charge in [0.25, 0.3) is 15.9 Å². The standard InChI is InChI=1S/C34H36Cl2N8O5S/c1-34(19-24-2-4-25(5-3-24)26-20-37-23-38-21-26)32(46)43(29-17-27(35)16-28(36)18-29)33-39-22-31(44(33)34)50(47,48)42-10-8-41(9-11-42)30(45)6-7-40-12-14-49-15-13-40/h2-5,16-18,20-23H,6-15,19H2,1H3/t34-/m1/s1. The Kier molecular flexibility index (Phi) is 9.67. The Hall–Kier alpha value is -3.92. The molecule has 1 atom stereocenters. The molecule has 0 bridgehead atoms. The second-order valence-electron chi connectivity index (χ2n) is 12.8. The fourth-order valence-electron chi connectivity index (χ4n) is 6.82. The SMILES string of the molecule is C[C@@]1(Cc2ccc(-c3cncnc3)cc2)C(=O)N(c2cc(Cl)cc(Cl)c2)c2ncc(S(=O)(=O)N3CCN(C(=O)CCN4CCOCC4)CC3)n21. The van der Waals surface area contributed by atoms with E-state index in [1.807, 2.05) is 24.3 Å². The number of piperazine rings is 1. The van der Waals surface area contributed by atoms with E-state index in [9.17, 15) is 18.0 Å². The molecule has 3 aliphatic heterocycles. The molecule has 0 spiro atoms. The van der Waals surface area contributed by atoms with Crippen LogP contribution in [0.1, 0.15) is 18.9 Å². The third-order valence-electron chi connectivity index (χ3n) is 9.51. The van der Waals surface area contributed by atoms with E-state index in [2.05, 4.69) is 19.9 Å². The first-order chi connectivity index (χ1) is 24.0. The van der Waals surface area contributed by atoms with Crippen LogP contribution in [0.15, 0.2) is 72.4 Å². The fraction of sp³-hybridized carbons (Fsp3) is 0.382. The van der Waals surface area contributed by atoms with E-state index in [1.165, 1.54) is 26.3 Å². The lowest BCUT2D eigenvalue weighted by Gasteiger charge is -2.35. The maximum absolute atomic E-state index is 14.5. The summed E-state index contributed by atoms with van der Waals surface area (Å²) in [5.41, 5.74) is 1.53. The van der Waals surface area contributed by atoms with Crippen LogP contribution in [0.2, 0.25) is 10.0 Å². The highest BCUT2D eigenvalue weighted by Crippen LogP contribution is 2.45. The maximum atomic E-state index is 14.5. The number of carbonyl (C=O) groups is 2. The van der Waals surface area contributed by atoms with E-state index in [4.69, 9.17) is 27.9 Å². The summed E-state index contributed by atoms with van der Waals surface area (Å²) in [4.78, 5) is 45.5. The predicted octanol–water partition coefficient (Wildman–Crippen LogP) is 3.84. The van der Waals surface area contributed by atoms with Crippen molar-refractivity contribution in [2.45, 2.75) is 30.3 Å². The minimum atomic E-state index is -4.15. The molecule has 3 aliphatic rings. The zero-order valence-electron chi connectivity index (χ0n) is 27.4. The van der Waals surface area contributed by atoms with Gasteiger partial charge in [-0.15, -0.1) is 0 Å². The van der Waals surface area contributed by atoms with Crippen LogP contribution in [0.4, 0.5) is 11.6 Å². The van der Waals surface area contributed by atoms with Crippen molar-refractivity contribution in [3.05, 3.63) is 83.0 Å². The number of halogens is 2. The van der Waals surface area contributed by atoms with Crippen molar-refractivity contribution in [3.63, 3.8) is 0 Å². The molecule has 50 heavy (non-hydrogen) atoms. The molecule has 16 heteroatoms. The van der Waals surface area contributed by atoms with Crippen molar-refractivity contribution >= 4 is 56.7 Å². The number of morpholine rings is 1. The maximum Gasteiger partial charge on any atom is 0.260 e. The molecule has 2 aromatic carbocycles. The molecule has 0 N–H and O–H groups in total. The molecule has 262 valence electrons. The average molecular weight is 740 g/mol. The van der Waals surface area contributed by atoms with Crippen molar-refractivity contribution in [3.8, 4) is 11.1 Å². The van der Waals surface area contributed by atoms with E-state index in [-0.39, 0.29) is 55.4 Å². The van der Waals surface area contributed by atoms with Gasteiger partial charge in [-0.25, -0.2) is 28.3 Å². The number of rotatable bonds is 9. The molecule has 2 aromatic heterocycles. The number of hydrogen-bond acceptors (Lipinski definition) is 9. The summed E-state index contributed by atoms with van der Waals surface area (Å²) < 4.78 is 37.0. The van der Waals surface area contributed by atoms with E-state index >= 15 is 0 Å². The molecule has 0 saturated carbocycles. The number of amides is 2. The minimum absolute atomic E-state index is 0.00131. The van der Waals surface area contributed by atoms with Gasteiger partial charge >= 0.3 is 0 Å². The molecule has 4 aromatic rings. The molecule has 13 nitrogen and oxygen atoms in total. The van der Waals surface area contributed by atoms with E-state index < -0.39 is 15.6 Å². The quantitative estimate of drug-likeness (QED) is 0.251. The highest BCUT2D eigenvalue weighted by atomic mass is 35.5. The number of ether oxygens (including phenoxy) is 1. The van der Waals surface area contributed by atoms with E-state index in [0.29, 0.717) is 41.9 Å². The lowest BCUT2D eigenvalue weighted by atomic mass is 9.91. The van der Waals surface area contributed by atoms with Crippen LogP contribution in [0, 0.1) is 0 Å². The molecule has 2 amide bonds. The first-order valence-electron chi connectivity index (χ1n) is 16.4. The fourth-order valence-corrected chi connectivity index (χ4v) is 8.94. The highest BCUT2D eigenvalue weighted by molar-refractivity contribution is 7.89. The van der Waals surface area contributed by atoms with Gasteiger partial charge < -0.3 is 9.64 Å². The Balaban J connectivity index is 1.17. The zero-order valence-corrected chi connectivity index (χ0v) is 29.7. The van der Waals surface area contributed by atoms with Crippen molar-refractivity contribution in [1.29, 1.82) is 0 Å². The van der Waals surface area contributed by atoms with Gasteiger partial charge in [0.05, 0.1) is 25.1 Å². The van der Waals surface area contributed by atoms with Gasteiger partial charge in [0.2, 0.25) is 11.9 Å². The number of nitrogens with zero attached hydrogens (tertiary/aromatic N) is 8. The second-order valence-corrected chi connectivity index (χ2v) is 15.5. The normalized spacial score (nSPS) is 20.3. The van der Waals surface area contributed by atoms with Gasteiger partial charge in [-0.05, 0) is 36.2 Å². The van der Waals surface area contributed by atoms with Gasteiger partial charge in [0.15, 0.2) is 5.03 Å². The Labute approximate surface area is 300 Å². The lowest BCUT2D eigenvalue weighted by molar-refractivity contribution is -0.133. The number of fused-ring (bicyclic) bond motifs is 1. The Morgan fingerprint density at radius 1 is 0.900 bits per heavy atom. The van der Waals surface area contributed by atoms with E-state index in [0.717, 1.165) is 29.8 Å². The van der Waals surface area contributed by atoms with E-state index in [1.54, 1.807) is 42.4 Å². The largest absolute Gasteiger partial charge is 0.379 e. The van der Waals surface area contributed by atoms with Crippen molar-refractivity contribution in [2.24, 2.45) is 0 Å².